The van der Waals surface area contributed by atoms with Crippen LogP contribution in [0, 0.1) is 6.92 Å². The van der Waals surface area contributed by atoms with Gasteiger partial charge in [-0.3, -0.25) is 0 Å². The molecule has 1 atom stereocenters. The Morgan fingerprint density at radius 3 is 2.39 bits per heavy atom. The summed E-state index contributed by atoms with van der Waals surface area (Å²) in [5.74, 6) is 0.940. The summed E-state index contributed by atoms with van der Waals surface area (Å²) in [5, 5.41) is 0. The Hall–Kier alpha value is -1.82. The van der Waals surface area contributed by atoms with Crippen molar-refractivity contribution in [2.75, 3.05) is 31.1 Å². The number of nitrogens with zero attached hydrogens (tertiary/aromatic N) is 3. The highest BCUT2D eigenvalue weighted by molar-refractivity contribution is 5.68. The lowest BCUT2D eigenvalue weighted by Gasteiger charge is -2.36. The van der Waals surface area contributed by atoms with E-state index >= 15 is 0 Å². The van der Waals surface area contributed by atoms with Gasteiger partial charge in [0.1, 0.15) is 11.4 Å². The first-order valence-electron chi connectivity index (χ1n) is 8.12. The van der Waals surface area contributed by atoms with E-state index in [0.717, 1.165) is 30.0 Å². The lowest BCUT2D eigenvalue weighted by atomic mass is 10.1. The number of carbonyl (C=O) groups is 1. The van der Waals surface area contributed by atoms with Crippen molar-refractivity contribution in [3.63, 3.8) is 0 Å². The number of carbonyl (C=O) groups excluding carboxylic acids is 1. The number of nitrogens with two attached hydrogens (primary N) is 1. The summed E-state index contributed by atoms with van der Waals surface area (Å²) < 4.78 is 5.42. The van der Waals surface area contributed by atoms with Gasteiger partial charge >= 0.3 is 6.09 Å². The molecule has 0 aliphatic carbocycles. The van der Waals surface area contributed by atoms with Crippen molar-refractivity contribution in [3.05, 3.63) is 23.4 Å². The molecule has 23 heavy (non-hydrogen) atoms. The van der Waals surface area contributed by atoms with Crippen molar-refractivity contribution in [1.29, 1.82) is 0 Å². The van der Waals surface area contributed by atoms with E-state index in [9.17, 15) is 4.79 Å². The van der Waals surface area contributed by atoms with Gasteiger partial charge in [-0.25, -0.2) is 9.78 Å². The number of aryl methyl sites for hydroxylation is 1. The number of ether oxygens (including phenoxy) is 1. The van der Waals surface area contributed by atoms with E-state index in [1.54, 1.807) is 4.90 Å². The van der Waals surface area contributed by atoms with Gasteiger partial charge in [0.2, 0.25) is 0 Å². The Bertz CT molecular complexity index is 558. The quantitative estimate of drug-likeness (QED) is 0.906. The van der Waals surface area contributed by atoms with Crippen molar-refractivity contribution in [3.8, 4) is 0 Å². The molecule has 1 fully saturated rings. The molecular formula is C17H28N4O2. The highest BCUT2D eigenvalue weighted by Crippen LogP contribution is 2.21. The van der Waals surface area contributed by atoms with Crippen LogP contribution in [0.1, 0.15) is 44.9 Å². The molecule has 2 N–H and O–H groups in total. The van der Waals surface area contributed by atoms with Crippen LogP contribution >= 0.6 is 0 Å². The van der Waals surface area contributed by atoms with Crippen molar-refractivity contribution in [1.82, 2.24) is 9.88 Å². The molecule has 0 spiro atoms. The van der Waals surface area contributed by atoms with Crippen LogP contribution in [-0.2, 0) is 4.74 Å². The van der Waals surface area contributed by atoms with Gasteiger partial charge in [0.15, 0.2) is 0 Å². The molecule has 1 unspecified atom stereocenters. The fraction of sp³-hybridized carbons (Fsp3) is 0.647. The molecule has 2 heterocycles. The zero-order chi connectivity index (χ0) is 17.2. The zero-order valence-corrected chi connectivity index (χ0v) is 14.8. The molecule has 1 aromatic heterocycles. The summed E-state index contributed by atoms with van der Waals surface area (Å²) in [5.41, 5.74) is 7.70. The Labute approximate surface area is 138 Å². The van der Waals surface area contributed by atoms with E-state index in [-0.39, 0.29) is 12.1 Å². The van der Waals surface area contributed by atoms with E-state index in [4.69, 9.17) is 10.5 Å². The van der Waals surface area contributed by atoms with E-state index in [1.807, 2.05) is 33.9 Å². The summed E-state index contributed by atoms with van der Waals surface area (Å²) in [6.07, 6.45) is 1.61. The highest BCUT2D eigenvalue weighted by Gasteiger charge is 2.26. The van der Waals surface area contributed by atoms with Crippen LogP contribution in [-0.4, -0.2) is 47.8 Å². The smallest absolute Gasteiger partial charge is 0.410 e. The number of hydrogen-bond donors (Lipinski definition) is 1. The van der Waals surface area contributed by atoms with Crippen molar-refractivity contribution < 1.29 is 9.53 Å². The Balaban J connectivity index is 1.97. The summed E-state index contributed by atoms with van der Waals surface area (Å²) >= 11 is 0. The van der Waals surface area contributed by atoms with E-state index in [2.05, 4.69) is 22.9 Å². The number of anilines is 1. The maximum absolute atomic E-state index is 12.1. The second-order valence-electron chi connectivity index (χ2n) is 7.14. The van der Waals surface area contributed by atoms with Gasteiger partial charge < -0.3 is 20.3 Å². The maximum Gasteiger partial charge on any atom is 0.410 e. The number of amides is 1. The largest absolute Gasteiger partial charge is 0.444 e. The van der Waals surface area contributed by atoms with Gasteiger partial charge in [-0.15, -0.1) is 0 Å². The molecule has 1 aromatic rings. The Morgan fingerprint density at radius 2 is 1.91 bits per heavy atom. The molecule has 1 aliphatic rings. The molecule has 1 amide bonds. The van der Waals surface area contributed by atoms with Crippen LogP contribution in [0.3, 0.4) is 0 Å². The SMILES string of the molecule is Cc1cc(N2CCN(C(=O)OC(C)(C)C)CC2)ncc1C(C)N. The fourth-order valence-corrected chi connectivity index (χ4v) is 2.65. The first-order valence-corrected chi connectivity index (χ1v) is 8.12. The lowest BCUT2D eigenvalue weighted by Crippen LogP contribution is -2.50. The Morgan fingerprint density at radius 1 is 1.30 bits per heavy atom. The van der Waals surface area contributed by atoms with Crippen LogP contribution in [0.5, 0.6) is 0 Å². The molecule has 1 saturated heterocycles. The monoisotopic (exact) mass is 320 g/mol. The van der Waals surface area contributed by atoms with Crippen molar-refractivity contribution in [2.24, 2.45) is 5.73 Å². The van der Waals surface area contributed by atoms with E-state index in [0.29, 0.717) is 13.1 Å². The van der Waals surface area contributed by atoms with Gasteiger partial charge in [0.05, 0.1) is 0 Å². The standard InChI is InChI=1S/C17H28N4O2/c1-12-10-15(19-11-14(12)13(2)18)20-6-8-21(9-7-20)16(22)23-17(3,4)5/h10-11,13H,6-9,18H2,1-5H3. The molecule has 6 heteroatoms. The molecule has 6 nitrogen and oxygen atoms in total. The first-order chi connectivity index (χ1) is 10.7. The third kappa shape index (κ3) is 4.58. The van der Waals surface area contributed by atoms with Crippen LogP contribution in [0.2, 0.25) is 0 Å². The zero-order valence-electron chi connectivity index (χ0n) is 14.8. The molecule has 0 saturated carbocycles. The normalized spacial score (nSPS) is 17.1. The second kappa shape index (κ2) is 6.74. The molecule has 2 rings (SSSR count). The Kier molecular flexibility index (Phi) is 5.14. The minimum Gasteiger partial charge on any atom is -0.444 e. The van der Waals surface area contributed by atoms with Gasteiger partial charge in [0, 0.05) is 38.4 Å². The predicted molar refractivity (Wildman–Crippen MR) is 91.6 cm³/mol. The second-order valence-corrected chi connectivity index (χ2v) is 7.14. The minimum absolute atomic E-state index is 0.0134. The van der Waals surface area contributed by atoms with E-state index < -0.39 is 5.60 Å². The predicted octanol–water partition coefficient (Wildman–Crippen LogP) is 2.47. The third-order valence-corrected chi connectivity index (χ3v) is 3.88. The average molecular weight is 320 g/mol. The molecule has 0 aromatic carbocycles. The van der Waals surface area contributed by atoms with Gasteiger partial charge in [-0.05, 0) is 51.8 Å². The molecular weight excluding hydrogens is 292 g/mol. The lowest BCUT2D eigenvalue weighted by molar-refractivity contribution is 0.0240. The minimum atomic E-state index is -0.457. The van der Waals surface area contributed by atoms with Crippen LogP contribution in [0.4, 0.5) is 10.6 Å². The highest BCUT2D eigenvalue weighted by atomic mass is 16.6. The summed E-state index contributed by atoms with van der Waals surface area (Å²) in [6.45, 7) is 12.5. The maximum atomic E-state index is 12.1. The summed E-state index contributed by atoms with van der Waals surface area (Å²) in [4.78, 5) is 20.6. The third-order valence-electron chi connectivity index (χ3n) is 3.88. The number of hydrogen-bond acceptors (Lipinski definition) is 5. The molecule has 0 bridgehead atoms. The fourth-order valence-electron chi connectivity index (χ4n) is 2.65. The van der Waals surface area contributed by atoms with Gasteiger partial charge in [-0.1, -0.05) is 0 Å². The molecule has 128 valence electrons. The summed E-state index contributed by atoms with van der Waals surface area (Å²) in [6, 6.07) is 2.06. The first kappa shape index (κ1) is 17.5. The topological polar surface area (TPSA) is 71.7 Å². The van der Waals surface area contributed by atoms with Crippen LogP contribution < -0.4 is 10.6 Å². The average Bonchev–Trinajstić information content (AvgIpc) is 2.45. The number of aromatic nitrogens is 1. The van der Waals surface area contributed by atoms with Gasteiger partial charge in [-0.2, -0.15) is 0 Å². The summed E-state index contributed by atoms with van der Waals surface area (Å²) in [7, 11) is 0. The van der Waals surface area contributed by atoms with Crippen molar-refractivity contribution >= 4 is 11.9 Å². The van der Waals surface area contributed by atoms with Crippen LogP contribution in [0.25, 0.3) is 0 Å². The number of pyridine rings is 1. The number of rotatable bonds is 2. The molecule has 1 aliphatic heterocycles. The van der Waals surface area contributed by atoms with E-state index in [1.165, 1.54) is 0 Å². The van der Waals surface area contributed by atoms with Gasteiger partial charge in [0.25, 0.3) is 0 Å². The van der Waals surface area contributed by atoms with Crippen molar-refractivity contribution in [2.45, 2.75) is 46.3 Å². The molecule has 0 radical (unpaired) electrons. The number of piperazine rings is 1. The van der Waals surface area contributed by atoms with Crippen LogP contribution in [0.15, 0.2) is 12.3 Å².